The van der Waals surface area contributed by atoms with Crippen LogP contribution >= 0.6 is 19.2 Å². The first-order valence-corrected chi connectivity index (χ1v) is 24.9. The Bertz CT molecular complexity index is 2530. The van der Waals surface area contributed by atoms with E-state index in [0.29, 0.717) is 72.5 Å². The quantitative estimate of drug-likeness (QED) is 0.0471. The van der Waals surface area contributed by atoms with Gasteiger partial charge in [0.05, 0.1) is 36.5 Å². The molecule has 362 valence electrons. The second-order valence-corrected chi connectivity index (χ2v) is 19.8. The van der Waals surface area contributed by atoms with E-state index in [4.69, 9.17) is 25.4 Å². The van der Waals surface area contributed by atoms with Crippen molar-refractivity contribution in [3.05, 3.63) is 83.0 Å². The number of rotatable bonds is 19. The van der Waals surface area contributed by atoms with Gasteiger partial charge < -0.3 is 44.9 Å². The van der Waals surface area contributed by atoms with Crippen molar-refractivity contribution in [2.24, 2.45) is 0 Å². The number of para-hydroxylation sites is 1. The molecule has 68 heavy (non-hydrogen) atoms. The van der Waals surface area contributed by atoms with Crippen molar-refractivity contribution >= 4 is 82.6 Å². The van der Waals surface area contributed by atoms with Crippen molar-refractivity contribution in [3.63, 3.8) is 0 Å². The molecule has 4 aromatic rings. The molecular weight excluding hydrogens is 913 g/mol. The van der Waals surface area contributed by atoms with Crippen LogP contribution in [0, 0.1) is 0 Å². The molecule has 0 saturated carbocycles. The molecule has 3 saturated heterocycles. The molecule has 5 heterocycles. The summed E-state index contributed by atoms with van der Waals surface area (Å²) in [6, 6.07) is 18.3. The predicted octanol–water partition coefficient (Wildman–Crippen LogP) is 5.09. The topological polar surface area (TPSA) is 212 Å². The summed E-state index contributed by atoms with van der Waals surface area (Å²) in [5, 5.41) is 15.9. The monoisotopic (exact) mass is 971 g/mol. The Balaban J connectivity index is 0.735. The van der Waals surface area contributed by atoms with Gasteiger partial charge >= 0.3 is 7.60 Å². The highest BCUT2D eigenvalue weighted by molar-refractivity contribution is 7.62. The number of halogens is 1. The van der Waals surface area contributed by atoms with Gasteiger partial charge in [-0.3, -0.25) is 38.9 Å². The minimum atomic E-state index is -3.57. The number of hydrogen-bond acceptors (Lipinski definition) is 16. The van der Waals surface area contributed by atoms with Crippen LogP contribution < -0.4 is 41.5 Å². The fourth-order valence-electron chi connectivity index (χ4n) is 9.32. The first kappa shape index (κ1) is 48.6. The highest BCUT2D eigenvalue weighted by Crippen LogP contribution is 2.47. The lowest BCUT2D eigenvalue weighted by molar-refractivity contribution is -0.137. The van der Waals surface area contributed by atoms with E-state index in [1.54, 1.807) is 42.3 Å². The predicted molar refractivity (Wildman–Crippen MR) is 261 cm³/mol. The number of aromatic nitrogens is 2. The molecule has 1 unspecified atom stereocenters. The molecule has 19 nitrogen and oxygen atoms in total. The van der Waals surface area contributed by atoms with Crippen LogP contribution in [0.15, 0.2) is 66.9 Å². The van der Waals surface area contributed by atoms with Crippen LogP contribution in [0.5, 0.6) is 5.75 Å². The number of unbranched alkanes of at least 4 members (excludes halogenated alkanes) is 1. The van der Waals surface area contributed by atoms with Crippen LogP contribution in [0.25, 0.3) is 0 Å². The van der Waals surface area contributed by atoms with Crippen LogP contribution in [0.4, 0.5) is 34.5 Å². The van der Waals surface area contributed by atoms with Crippen LogP contribution in [-0.2, 0) is 34.5 Å². The first-order valence-electron chi connectivity index (χ1n) is 23.0. The van der Waals surface area contributed by atoms with Crippen molar-refractivity contribution in [2.75, 3.05) is 101 Å². The summed E-state index contributed by atoms with van der Waals surface area (Å²) >= 11 is 6.49. The number of carbonyl (C=O) groups is 4. The smallest absolute Gasteiger partial charge is 0.362 e. The van der Waals surface area contributed by atoms with Crippen molar-refractivity contribution < 1.29 is 37.5 Å². The van der Waals surface area contributed by atoms with Crippen molar-refractivity contribution in [2.45, 2.75) is 57.2 Å². The minimum absolute atomic E-state index is 0.0351. The molecule has 5 N–H and O–H groups in total. The van der Waals surface area contributed by atoms with E-state index in [1.165, 1.54) is 20.4 Å². The lowest BCUT2D eigenvalue weighted by Gasteiger charge is -2.43. The molecule has 0 bridgehead atoms. The standard InChI is InChI=1S/C47H59ClN11O8P/c1-65-40-27-32(13-14-37(40)53-47-51-28-35(48)44(55-47)52-38-10-4-5-12-41(38)68(64,66-2)67-3)57-21-17-31(18-22-57)58-25-23-56(24-26-58)30-43(61)50-20-7-6-19-49-36-11-8-9-33-34(36)29-59(46(33)63)39-15-16-42(60)54-45(39)62/h4-5,8-14,27-28,31,39,49H,6-7,15-26,29-30H2,1-3H3,(H,50,61)(H,54,60,62)(H2,51,52,53,55). The number of hydrogen-bond donors (Lipinski definition) is 5. The zero-order valence-corrected chi connectivity index (χ0v) is 40.2. The third-order valence-electron chi connectivity index (χ3n) is 13.1. The van der Waals surface area contributed by atoms with Gasteiger partial charge in [0.1, 0.15) is 16.8 Å². The highest BCUT2D eigenvalue weighted by Gasteiger charge is 2.40. The Morgan fingerprint density at radius 2 is 1.62 bits per heavy atom. The fraction of sp³-hybridized carbons (Fsp3) is 0.447. The maximum Gasteiger partial charge on any atom is 0.362 e. The zero-order valence-electron chi connectivity index (χ0n) is 38.6. The molecule has 4 amide bonds. The van der Waals surface area contributed by atoms with Gasteiger partial charge in [0.15, 0.2) is 5.82 Å². The molecule has 0 aliphatic carbocycles. The number of fused-ring (bicyclic) bond motifs is 1. The molecule has 21 heteroatoms. The summed E-state index contributed by atoms with van der Waals surface area (Å²) in [6.07, 6.45) is 5.73. The fourth-order valence-corrected chi connectivity index (χ4v) is 10.7. The van der Waals surface area contributed by atoms with E-state index in [-0.39, 0.29) is 35.1 Å². The molecule has 8 rings (SSSR count). The van der Waals surface area contributed by atoms with Gasteiger partial charge in [0, 0.05) is 114 Å². The lowest BCUT2D eigenvalue weighted by Crippen LogP contribution is -2.54. The van der Waals surface area contributed by atoms with Crippen molar-refractivity contribution in [3.8, 4) is 5.75 Å². The average molecular weight is 972 g/mol. The molecule has 4 aliphatic heterocycles. The molecule has 4 aliphatic rings. The Hall–Kier alpha value is -5.82. The van der Waals surface area contributed by atoms with E-state index >= 15 is 0 Å². The van der Waals surface area contributed by atoms with E-state index in [0.717, 1.165) is 81.9 Å². The number of carbonyl (C=O) groups excluding carboxylic acids is 4. The maximum absolute atomic E-state index is 13.2. The summed E-state index contributed by atoms with van der Waals surface area (Å²) in [4.78, 5) is 67.8. The van der Waals surface area contributed by atoms with Gasteiger partial charge in [0.2, 0.25) is 23.7 Å². The third-order valence-corrected chi connectivity index (χ3v) is 15.3. The molecule has 1 atom stereocenters. The Morgan fingerprint density at radius 3 is 2.37 bits per heavy atom. The Morgan fingerprint density at radius 1 is 0.868 bits per heavy atom. The number of piperazine rings is 1. The third kappa shape index (κ3) is 11.2. The van der Waals surface area contributed by atoms with Gasteiger partial charge in [0.25, 0.3) is 5.91 Å². The van der Waals surface area contributed by atoms with Gasteiger partial charge in [-0.2, -0.15) is 4.98 Å². The summed E-state index contributed by atoms with van der Waals surface area (Å²) in [6.45, 7) is 7.33. The van der Waals surface area contributed by atoms with Crippen LogP contribution in [0.1, 0.15) is 54.4 Å². The van der Waals surface area contributed by atoms with E-state index in [9.17, 15) is 23.7 Å². The summed E-state index contributed by atoms with van der Waals surface area (Å²) in [5.74, 6) is 0.332. The maximum atomic E-state index is 13.2. The largest absolute Gasteiger partial charge is 0.494 e. The minimum Gasteiger partial charge on any atom is -0.494 e. The summed E-state index contributed by atoms with van der Waals surface area (Å²) in [7, 11) is 0.717. The zero-order chi connectivity index (χ0) is 47.8. The number of nitrogens with zero attached hydrogens (tertiary/aromatic N) is 6. The van der Waals surface area contributed by atoms with E-state index < -0.39 is 19.5 Å². The number of benzene rings is 3. The van der Waals surface area contributed by atoms with Gasteiger partial charge in [-0.05, 0) is 68.5 Å². The van der Waals surface area contributed by atoms with E-state index in [1.807, 2.05) is 24.3 Å². The van der Waals surface area contributed by atoms with Crippen molar-refractivity contribution in [1.29, 1.82) is 0 Å². The second kappa shape index (κ2) is 22.1. The Labute approximate surface area is 401 Å². The number of nitrogens with one attached hydrogen (secondary N) is 5. The number of piperidine rings is 2. The van der Waals surface area contributed by atoms with Crippen molar-refractivity contribution in [1.82, 2.24) is 35.3 Å². The second-order valence-electron chi connectivity index (χ2n) is 17.2. The van der Waals surface area contributed by atoms with E-state index in [2.05, 4.69) is 57.3 Å². The Kier molecular flexibility index (Phi) is 15.8. The molecule has 3 fully saturated rings. The highest BCUT2D eigenvalue weighted by atomic mass is 35.5. The summed E-state index contributed by atoms with van der Waals surface area (Å²) < 4.78 is 29.5. The number of methoxy groups -OCH3 is 1. The van der Waals surface area contributed by atoms with Gasteiger partial charge in [-0.25, -0.2) is 4.98 Å². The molecule has 1 aromatic heterocycles. The lowest BCUT2D eigenvalue weighted by atomic mass is 10.0. The molecule has 0 radical (unpaired) electrons. The van der Waals surface area contributed by atoms with Crippen LogP contribution in [0.3, 0.4) is 0 Å². The van der Waals surface area contributed by atoms with Gasteiger partial charge in [-0.1, -0.05) is 29.8 Å². The SMILES string of the molecule is COc1cc(N2CCC(N3CCN(CC(=O)NCCCCNc4cccc5c4CN(C4CCC(=O)NC4=O)C5=O)CC3)CC2)ccc1Nc1ncc(Cl)c(Nc2ccccc2P(=O)(OC)OC)n1. The molecule has 0 spiro atoms. The number of anilines is 6. The molecular formula is C47H59ClN11O8P. The van der Waals surface area contributed by atoms with Gasteiger partial charge in [-0.15, -0.1) is 0 Å². The van der Waals surface area contributed by atoms with Crippen LogP contribution in [0.2, 0.25) is 5.02 Å². The summed E-state index contributed by atoms with van der Waals surface area (Å²) in [5.41, 5.74) is 4.51. The number of ether oxygens (including phenoxy) is 1. The number of amides is 4. The number of imide groups is 1. The first-order chi connectivity index (χ1) is 33.0. The van der Waals surface area contributed by atoms with Crippen LogP contribution in [-0.4, -0.2) is 141 Å². The normalized spacial score (nSPS) is 18.3. The average Bonchev–Trinajstić information content (AvgIpc) is 3.69. The molecule has 3 aromatic carbocycles.